The van der Waals surface area contributed by atoms with E-state index in [0.29, 0.717) is 0 Å². The van der Waals surface area contributed by atoms with Crippen LogP contribution in [0.3, 0.4) is 0 Å². The van der Waals surface area contributed by atoms with Gasteiger partial charge in [0.05, 0.1) is 4.90 Å². The fourth-order valence-corrected chi connectivity index (χ4v) is 2.86. The molecule has 134 valence electrons. The average molecular weight is 376 g/mol. The number of hydrogen-bond acceptors (Lipinski definition) is 3. The summed E-state index contributed by atoms with van der Waals surface area (Å²) in [6.45, 7) is -1.49. The summed E-state index contributed by atoms with van der Waals surface area (Å²) < 4.78 is 75.5. The van der Waals surface area contributed by atoms with Gasteiger partial charge in [0.1, 0.15) is 12.4 Å². The number of halogens is 4. The third-order valence-electron chi connectivity index (χ3n) is 2.97. The van der Waals surface area contributed by atoms with Crippen molar-refractivity contribution in [2.45, 2.75) is 11.1 Å². The molecule has 0 aliphatic rings. The van der Waals surface area contributed by atoms with E-state index in [-0.39, 0.29) is 16.1 Å². The Morgan fingerprint density at radius 1 is 0.960 bits per heavy atom. The van der Waals surface area contributed by atoms with Gasteiger partial charge in [-0.25, -0.2) is 12.8 Å². The number of carbonyl (C=O) groups is 1. The van der Waals surface area contributed by atoms with E-state index < -0.39 is 34.5 Å². The Morgan fingerprint density at radius 2 is 1.52 bits per heavy atom. The predicted molar refractivity (Wildman–Crippen MR) is 82.0 cm³/mol. The third-order valence-corrected chi connectivity index (χ3v) is 4.37. The lowest BCUT2D eigenvalue weighted by molar-refractivity contribution is -0.123. The zero-order chi connectivity index (χ0) is 18.7. The minimum absolute atomic E-state index is 0.120. The monoisotopic (exact) mass is 376 g/mol. The number of alkyl halides is 3. The van der Waals surface area contributed by atoms with Crippen molar-refractivity contribution in [1.82, 2.24) is 5.32 Å². The van der Waals surface area contributed by atoms with Crippen LogP contribution in [-0.4, -0.2) is 27.0 Å². The summed E-state index contributed by atoms with van der Waals surface area (Å²) in [5.41, 5.74) is 0.0124. The van der Waals surface area contributed by atoms with Gasteiger partial charge in [-0.3, -0.25) is 9.52 Å². The van der Waals surface area contributed by atoms with Crippen LogP contribution in [0.5, 0.6) is 0 Å². The van der Waals surface area contributed by atoms with Crippen molar-refractivity contribution >= 4 is 21.6 Å². The quantitative estimate of drug-likeness (QED) is 0.788. The lowest BCUT2D eigenvalue weighted by Crippen LogP contribution is -2.33. The molecule has 10 heteroatoms. The Labute approximate surface area is 140 Å². The molecule has 5 nitrogen and oxygen atoms in total. The van der Waals surface area contributed by atoms with Crippen LogP contribution < -0.4 is 10.0 Å². The van der Waals surface area contributed by atoms with Crippen molar-refractivity contribution in [1.29, 1.82) is 0 Å². The average Bonchev–Trinajstić information content (AvgIpc) is 2.54. The number of carbonyl (C=O) groups excluding carboxylic acids is 1. The molecule has 2 rings (SSSR count). The van der Waals surface area contributed by atoms with Crippen molar-refractivity contribution < 1.29 is 30.8 Å². The first-order valence-electron chi connectivity index (χ1n) is 6.80. The van der Waals surface area contributed by atoms with E-state index in [1.54, 1.807) is 5.32 Å². The van der Waals surface area contributed by atoms with Crippen LogP contribution in [0, 0.1) is 5.82 Å². The van der Waals surface area contributed by atoms with E-state index in [0.717, 1.165) is 36.4 Å². The van der Waals surface area contributed by atoms with Gasteiger partial charge < -0.3 is 5.32 Å². The number of hydrogen-bond donors (Lipinski definition) is 2. The molecular formula is C15H12F4N2O3S. The van der Waals surface area contributed by atoms with Crippen LogP contribution in [0.15, 0.2) is 53.4 Å². The van der Waals surface area contributed by atoms with E-state index in [1.807, 2.05) is 0 Å². The molecule has 0 atom stereocenters. The summed E-state index contributed by atoms with van der Waals surface area (Å²) in [6.07, 6.45) is -4.54. The molecule has 0 fully saturated rings. The van der Waals surface area contributed by atoms with E-state index in [2.05, 4.69) is 4.72 Å². The maximum Gasteiger partial charge on any atom is 0.405 e. The number of anilines is 1. The Balaban J connectivity index is 2.10. The molecule has 0 aliphatic heterocycles. The van der Waals surface area contributed by atoms with Gasteiger partial charge >= 0.3 is 6.18 Å². The zero-order valence-electron chi connectivity index (χ0n) is 12.5. The van der Waals surface area contributed by atoms with Crippen LogP contribution in [0.25, 0.3) is 0 Å². The van der Waals surface area contributed by atoms with Crippen LogP contribution in [0.2, 0.25) is 0 Å². The van der Waals surface area contributed by atoms with Gasteiger partial charge in [0.2, 0.25) is 0 Å². The fourth-order valence-electron chi connectivity index (χ4n) is 1.80. The van der Waals surface area contributed by atoms with Gasteiger partial charge in [-0.15, -0.1) is 0 Å². The van der Waals surface area contributed by atoms with Gasteiger partial charge in [0.15, 0.2) is 0 Å². The summed E-state index contributed by atoms with van der Waals surface area (Å²) in [7, 11) is -3.99. The molecule has 0 saturated carbocycles. The van der Waals surface area contributed by atoms with Crippen molar-refractivity contribution in [3.63, 3.8) is 0 Å². The van der Waals surface area contributed by atoms with Crippen LogP contribution in [-0.2, 0) is 10.0 Å². The highest BCUT2D eigenvalue weighted by Gasteiger charge is 2.28. The highest BCUT2D eigenvalue weighted by atomic mass is 32.2. The Morgan fingerprint density at radius 3 is 2.04 bits per heavy atom. The maximum absolute atomic E-state index is 12.8. The number of benzene rings is 2. The molecule has 2 aromatic carbocycles. The Bertz CT molecular complexity index is 848. The van der Waals surface area contributed by atoms with Crippen molar-refractivity contribution in [2.24, 2.45) is 0 Å². The summed E-state index contributed by atoms with van der Waals surface area (Å²) in [5.74, 6) is -1.51. The lowest BCUT2D eigenvalue weighted by Gasteiger charge is -2.10. The van der Waals surface area contributed by atoms with E-state index >= 15 is 0 Å². The second-order valence-corrected chi connectivity index (χ2v) is 6.62. The van der Waals surface area contributed by atoms with Crippen molar-refractivity contribution in [3.05, 3.63) is 59.9 Å². The number of sulfonamides is 1. The first kappa shape index (κ1) is 18.7. The zero-order valence-corrected chi connectivity index (χ0v) is 13.3. The van der Waals surface area contributed by atoms with Crippen LogP contribution in [0.4, 0.5) is 23.2 Å². The molecule has 0 saturated heterocycles. The molecule has 1 amide bonds. The highest BCUT2D eigenvalue weighted by molar-refractivity contribution is 7.92. The molecule has 25 heavy (non-hydrogen) atoms. The molecule has 0 aromatic heterocycles. The minimum Gasteiger partial charge on any atom is -0.343 e. The summed E-state index contributed by atoms with van der Waals surface area (Å²) in [4.78, 5) is 11.4. The van der Waals surface area contributed by atoms with E-state index in [9.17, 15) is 30.8 Å². The van der Waals surface area contributed by atoms with Crippen molar-refractivity contribution in [2.75, 3.05) is 11.3 Å². The lowest BCUT2D eigenvalue weighted by atomic mass is 10.2. The van der Waals surface area contributed by atoms with E-state index in [4.69, 9.17) is 0 Å². The third kappa shape index (κ3) is 5.45. The van der Waals surface area contributed by atoms with Crippen LogP contribution in [0.1, 0.15) is 10.4 Å². The first-order chi connectivity index (χ1) is 11.6. The molecule has 2 aromatic rings. The smallest absolute Gasteiger partial charge is 0.343 e. The Hall–Kier alpha value is -2.62. The number of nitrogens with one attached hydrogen (secondary N) is 2. The van der Waals surface area contributed by atoms with Gasteiger partial charge in [-0.1, -0.05) is 0 Å². The van der Waals surface area contributed by atoms with Gasteiger partial charge in [0, 0.05) is 11.3 Å². The normalized spacial score (nSPS) is 11.8. The summed E-state index contributed by atoms with van der Waals surface area (Å²) in [5, 5.41) is 1.68. The Kier molecular flexibility index (Phi) is 5.31. The highest BCUT2D eigenvalue weighted by Crippen LogP contribution is 2.17. The second kappa shape index (κ2) is 7.09. The summed E-state index contributed by atoms with van der Waals surface area (Å²) >= 11 is 0. The molecule has 0 heterocycles. The van der Waals surface area contributed by atoms with Crippen LogP contribution >= 0.6 is 0 Å². The molecule has 0 spiro atoms. The molecule has 0 aliphatic carbocycles. The molecular weight excluding hydrogens is 364 g/mol. The standard InChI is InChI=1S/C15H12F4N2O3S/c16-11-3-5-12(6-4-11)21-25(23,24)13-7-1-10(2-8-13)14(22)20-9-15(17,18)19/h1-8,21H,9H2,(H,20,22). The minimum atomic E-state index is -4.54. The maximum atomic E-state index is 12.8. The fraction of sp³-hybridized carbons (Fsp3) is 0.133. The van der Waals surface area contributed by atoms with Gasteiger partial charge in [-0.05, 0) is 48.5 Å². The molecule has 0 unspecified atom stereocenters. The summed E-state index contributed by atoms with van der Waals surface area (Å²) in [6, 6.07) is 8.94. The predicted octanol–water partition coefficient (Wildman–Crippen LogP) is 2.92. The number of rotatable bonds is 5. The largest absolute Gasteiger partial charge is 0.405 e. The molecule has 2 N–H and O–H groups in total. The second-order valence-electron chi connectivity index (χ2n) is 4.93. The van der Waals surface area contributed by atoms with E-state index in [1.165, 1.54) is 12.1 Å². The topological polar surface area (TPSA) is 75.3 Å². The van der Waals surface area contributed by atoms with Crippen molar-refractivity contribution in [3.8, 4) is 0 Å². The number of amides is 1. The SMILES string of the molecule is O=C(NCC(F)(F)F)c1ccc(S(=O)(=O)Nc2ccc(F)cc2)cc1. The van der Waals surface area contributed by atoms with Gasteiger partial charge in [-0.2, -0.15) is 13.2 Å². The molecule has 0 bridgehead atoms. The van der Waals surface area contributed by atoms with Gasteiger partial charge in [0.25, 0.3) is 15.9 Å². The first-order valence-corrected chi connectivity index (χ1v) is 8.28. The molecule has 0 radical (unpaired) electrons.